The molecule has 1 heterocycles. The van der Waals surface area contributed by atoms with Gasteiger partial charge in [0.05, 0.1) is 13.3 Å². The molecule has 0 radical (unpaired) electrons. The van der Waals surface area contributed by atoms with Gasteiger partial charge in [-0.3, -0.25) is 9.69 Å². The maximum Gasteiger partial charge on any atom is 0.326 e. The van der Waals surface area contributed by atoms with Gasteiger partial charge in [0.15, 0.2) is 0 Å². The van der Waals surface area contributed by atoms with Crippen molar-refractivity contribution in [1.82, 2.24) is 15.1 Å². The van der Waals surface area contributed by atoms with Crippen molar-refractivity contribution in [2.75, 3.05) is 20.3 Å². The summed E-state index contributed by atoms with van der Waals surface area (Å²) in [5.74, 6) is 0.584. The van der Waals surface area contributed by atoms with Gasteiger partial charge < -0.3 is 10.1 Å². The Labute approximate surface area is 182 Å². The second-order valence-corrected chi connectivity index (χ2v) is 8.08. The molecule has 1 atom stereocenters. The summed E-state index contributed by atoms with van der Waals surface area (Å²) < 4.78 is 5.47. The van der Waals surface area contributed by atoms with Crippen molar-refractivity contribution >= 4 is 22.7 Å². The van der Waals surface area contributed by atoms with Crippen molar-refractivity contribution in [2.45, 2.75) is 25.9 Å². The molecular formula is C25H27N3O3. The highest BCUT2D eigenvalue weighted by atomic mass is 16.5. The van der Waals surface area contributed by atoms with E-state index in [9.17, 15) is 9.59 Å². The van der Waals surface area contributed by atoms with E-state index >= 15 is 0 Å². The monoisotopic (exact) mass is 417 g/mol. The topological polar surface area (TPSA) is 61.9 Å². The van der Waals surface area contributed by atoms with Gasteiger partial charge in [-0.15, -0.1) is 0 Å². The quantitative estimate of drug-likeness (QED) is 0.588. The Morgan fingerprint density at radius 3 is 2.42 bits per heavy atom. The smallest absolute Gasteiger partial charge is 0.326 e. The van der Waals surface area contributed by atoms with E-state index in [-0.39, 0.29) is 18.6 Å². The number of carbonyl (C=O) groups is 2. The van der Waals surface area contributed by atoms with Crippen molar-refractivity contribution < 1.29 is 14.3 Å². The lowest BCUT2D eigenvalue weighted by molar-refractivity contribution is -0.132. The van der Waals surface area contributed by atoms with Crippen molar-refractivity contribution in [1.29, 1.82) is 0 Å². The van der Waals surface area contributed by atoms with E-state index in [4.69, 9.17) is 4.74 Å². The summed E-state index contributed by atoms with van der Waals surface area (Å²) in [4.78, 5) is 29.2. The van der Waals surface area contributed by atoms with Gasteiger partial charge in [-0.2, -0.15) is 0 Å². The summed E-state index contributed by atoms with van der Waals surface area (Å²) in [5.41, 5.74) is 0.776. The summed E-state index contributed by atoms with van der Waals surface area (Å²) in [7, 11) is 1.89. The normalized spacial score (nSPS) is 18.6. The molecule has 3 amide bonds. The molecular weight excluding hydrogens is 390 g/mol. The number of nitrogens with one attached hydrogen (secondary N) is 1. The molecule has 0 spiro atoms. The van der Waals surface area contributed by atoms with Crippen LogP contribution in [0.1, 0.15) is 25.0 Å². The molecule has 1 aliphatic rings. The number of hydrogen-bond donors (Lipinski definition) is 1. The first-order valence-corrected chi connectivity index (χ1v) is 10.4. The Morgan fingerprint density at radius 1 is 1.00 bits per heavy atom. The third-order valence-corrected chi connectivity index (χ3v) is 5.67. The van der Waals surface area contributed by atoms with Gasteiger partial charge in [-0.05, 0) is 61.0 Å². The van der Waals surface area contributed by atoms with E-state index < -0.39 is 5.54 Å². The predicted octanol–water partition coefficient (Wildman–Crippen LogP) is 4.10. The fraction of sp³-hybridized carbons (Fsp3) is 0.280. The fourth-order valence-corrected chi connectivity index (χ4v) is 3.98. The van der Waals surface area contributed by atoms with Crippen molar-refractivity contribution in [3.63, 3.8) is 0 Å². The second-order valence-electron chi connectivity index (χ2n) is 8.08. The molecule has 1 fully saturated rings. The van der Waals surface area contributed by atoms with E-state index in [1.165, 1.54) is 4.90 Å². The van der Waals surface area contributed by atoms with E-state index in [0.717, 1.165) is 27.6 Å². The van der Waals surface area contributed by atoms with Gasteiger partial charge in [0.1, 0.15) is 11.3 Å². The third-order valence-electron chi connectivity index (χ3n) is 5.67. The Morgan fingerprint density at radius 2 is 1.71 bits per heavy atom. The molecule has 3 aromatic rings. The van der Waals surface area contributed by atoms with Gasteiger partial charge in [0, 0.05) is 6.54 Å². The molecule has 0 bridgehead atoms. The maximum atomic E-state index is 13.3. The van der Waals surface area contributed by atoms with Crippen LogP contribution in [0, 0.1) is 0 Å². The highest BCUT2D eigenvalue weighted by Crippen LogP contribution is 2.31. The molecule has 0 aromatic heterocycles. The lowest BCUT2D eigenvalue weighted by atomic mass is 9.90. The molecule has 1 N–H and O–H groups in total. The van der Waals surface area contributed by atoms with Crippen LogP contribution in [-0.4, -0.2) is 42.1 Å². The van der Waals surface area contributed by atoms with E-state index in [1.54, 1.807) is 6.92 Å². The minimum Gasteiger partial charge on any atom is -0.494 e. The number of nitrogens with zero attached hydrogens (tertiary/aromatic N) is 2. The van der Waals surface area contributed by atoms with Gasteiger partial charge in [0.2, 0.25) is 0 Å². The third kappa shape index (κ3) is 4.11. The van der Waals surface area contributed by atoms with Crippen molar-refractivity contribution in [2.24, 2.45) is 0 Å². The summed E-state index contributed by atoms with van der Waals surface area (Å²) >= 11 is 0. The Bertz CT molecular complexity index is 1110. The van der Waals surface area contributed by atoms with Crippen LogP contribution in [0.4, 0.5) is 4.79 Å². The molecule has 3 aromatic carbocycles. The highest BCUT2D eigenvalue weighted by molar-refractivity contribution is 6.07. The largest absolute Gasteiger partial charge is 0.494 e. The van der Waals surface area contributed by atoms with Crippen LogP contribution in [0.15, 0.2) is 66.7 Å². The van der Waals surface area contributed by atoms with Gasteiger partial charge in [0.25, 0.3) is 5.91 Å². The number of benzene rings is 3. The van der Waals surface area contributed by atoms with Gasteiger partial charge >= 0.3 is 6.03 Å². The Kier molecular flexibility index (Phi) is 5.65. The number of urea groups is 1. The molecule has 0 aliphatic carbocycles. The van der Waals surface area contributed by atoms with E-state index in [2.05, 4.69) is 5.32 Å². The second kappa shape index (κ2) is 8.40. The zero-order valence-corrected chi connectivity index (χ0v) is 18.1. The Hall–Kier alpha value is -3.38. The zero-order valence-electron chi connectivity index (χ0n) is 18.1. The zero-order chi connectivity index (χ0) is 22.0. The summed E-state index contributed by atoms with van der Waals surface area (Å²) in [5, 5.41) is 5.03. The van der Waals surface area contributed by atoms with Crippen molar-refractivity contribution in [3.8, 4) is 5.75 Å². The number of hydrogen-bond acceptors (Lipinski definition) is 4. The van der Waals surface area contributed by atoms with Crippen LogP contribution in [-0.2, 0) is 16.9 Å². The standard InChI is InChI=1S/C25H27N3O3/c1-4-31-22-13-9-18(10-14-22)16-27(3)17-28-23(29)25(2,26-24(28)30)21-12-11-19-7-5-6-8-20(19)15-21/h5-15H,4,16-17H2,1-3H3,(H,26,30)/t25-/m1/s1. The SMILES string of the molecule is CCOc1ccc(CN(C)CN2C(=O)N[C@](C)(c3ccc4ccccc4c3)C2=O)cc1. The molecule has 4 rings (SSSR count). The number of fused-ring (bicyclic) bond motifs is 1. The first kappa shape index (κ1) is 20.9. The number of amides is 3. The highest BCUT2D eigenvalue weighted by Gasteiger charge is 2.49. The minimum absolute atomic E-state index is 0.209. The number of imide groups is 1. The maximum absolute atomic E-state index is 13.3. The predicted molar refractivity (Wildman–Crippen MR) is 121 cm³/mol. The van der Waals surface area contributed by atoms with Crippen molar-refractivity contribution in [3.05, 3.63) is 77.9 Å². The minimum atomic E-state index is -1.08. The fourth-order valence-electron chi connectivity index (χ4n) is 3.98. The van der Waals surface area contributed by atoms with E-state index in [0.29, 0.717) is 13.2 Å². The van der Waals surface area contributed by atoms with Gasteiger partial charge in [-0.1, -0.05) is 48.5 Å². The lowest BCUT2D eigenvalue weighted by Gasteiger charge is -2.25. The summed E-state index contributed by atoms with van der Waals surface area (Å²) in [6.45, 7) is 5.16. The molecule has 1 aliphatic heterocycles. The molecule has 0 saturated carbocycles. The number of ether oxygens (including phenoxy) is 1. The lowest BCUT2D eigenvalue weighted by Crippen LogP contribution is -2.42. The number of rotatable bonds is 7. The van der Waals surface area contributed by atoms with Crippen LogP contribution in [0.25, 0.3) is 10.8 Å². The van der Waals surface area contributed by atoms with Crippen LogP contribution in [0.2, 0.25) is 0 Å². The molecule has 160 valence electrons. The first-order valence-electron chi connectivity index (χ1n) is 10.4. The van der Waals surface area contributed by atoms with Crippen LogP contribution >= 0.6 is 0 Å². The van der Waals surface area contributed by atoms with E-state index in [1.807, 2.05) is 85.6 Å². The summed E-state index contributed by atoms with van der Waals surface area (Å²) in [6.07, 6.45) is 0. The molecule has 31 heavy (non-hydrogen) atoms. The molecule has 1 saturated heterocycles. The number of carbonyl (C=O) groups excluding carboxylic acids is 2. The molecule has 6 heteroatoms. The van der Waals surface area contributed by atoms with Gasteiger partial charge in [-0.25, -0.2) is 9.69 Å². The Balaban J connectivity index is 1.48. The van der Waals surface area contributed by atoms with Crippen LogP contribution in [0.3, 0.4) is 0 Å². The first-order chi connectivity index (χ1) is 14.9. The summed E-state index contributed by atoms with van der Waals surface area (Å²) in [6, 6.07) is 21.3. The average molecular weight is 418 g/mol. The molecule has 0 unspecified atom stereocenters. The molecule has 6 nitrogen and oxygen atoms in total. The average Bonchev–Trinajstić information content (AvgIpc) is 2.99. The van der Waals surface area contributed by atoms with Crippen LogP contribution < -0.4 is 10.1 Å². The van der Waals surface area contributed by atoms with Crippen LogP contribution in [0.5, 0.6) is 5.75 Å².